The second-order valence-corrected chi connectivity index (χ2v) is 5.23. The molecule has 2 atom stereocenters. The Morgan fingerprint density at radius 3 is 2.55 bits per heavy atom. The predicted octanol–water partition coefficient (Wildman–Crippen LogP) is 3.26. The number of benzene rings is 2. The SMILES string of the molecule is C[C@H](NCc1cc(Cl)ccc1O)[C@H](O)c1ccccc1. The van der Waals surface area contributed by atoms with Crippen molar-refractivity contribution in [3.63, 3.8) is 0 Å². The molecule has 3 nitrogen and oxygen atoms in total. The third-order valence-electron chi connectivity index (χ3n) is 3.27. The molecule has 20 heavy (non-hydrogen) atoms. The van der Waals surface area contributed by atoms with Gasteiger partial charge >= 0.3 is 0 Å². The molecule has 106 valence electrons. The minimum Gasteiger partial charge on any atom is -0.508 e. The van der Waals surface area contributed by atoms with E-state index in [4.69, 9.17) is 11.6 Å². The van der Waals surface area contributed by atoms with Crippen LogP contribution >= 0.6 is 11.6 Å². The van der Waals surface area contributed by atoms with E-state index >= 15 is 0 Å². The number of nitrogens with one attached hydrogen (secondary N) is 1. The van der Waals surface area contributed by atoms with E-state index in [1.165, 1.54) is 0 Å². The molecule has 0 aliphatic carbocycles. The molecule has 0 saturated carbocycles. The van der Waals surface area contributed by atoms with E-state index in [2.05, 4.69) is 5.32 Å². The van der Waals surface area contributed by atoms with E-state index in [9.17, 15) is 10.2 Å². The summed E-state index contributed by atoms with van der Waals surface area (Å²) in [4.78, 5) is 0. The lowest BCUT2D eigenvalue weighted by Crippen LogP contribution is -2.31. The zero-order valence-corrected chi connectivity index (χ0v) is 12.0. The van der Waals surface area contributed by atoms with Gasteiger partial charge in [0.05, 0.1) is 6.10 Å². The molecule has 2 rings (SSSR count). The van der Waals surface area contributed by atoms with E-state index in [0.29, 0.717) is 17.1 Å². The Hall–Kier alpha value is -1.55. The molecule has 0 fully saturated rings. The number of rotatable bonds is 5. The van der Waals surface area contributed by atoms with Crippen molar-refractivity contribution in [3.8, 4) is 5.75 Å². The number of phenols is 1. The fourth-order valence-corrected chi connectivity index (χ4v) is 2.21. The molecular formula is C16H18ClNO2. The van der Waals surface area contributed by atoms with Gasteiger partial charge in [-0.15, -0.1) is 0 Å². The Labute approximate surface area is 123 Å². The number of halogens is 1. The van der Waals surface area contributed by atoms with Gasteiger partial charge < -0.3 is 15.5 Å². The fourth-order valence-electron chi connectivity index (χ4n) is 2.02. The molecular weight excluding hydrogens is 274 g/mol. The first kappa shape index (κ1) is 14.9. The van der Waals surface area contributed by atoms with Gasteiger partial charge in [-0.3, -0.25) is 0 Å². The molecule has 0 aliphatic heterocycles. The first-order chi connectivity index (χ1) is 9.58. The normalized spacial score (nSPS) is 13.9. The molecule has 0 bridgehead atoms. The summed E-state index contributed by atoms with van der Waals surface area (Å²) in [6.45, 7) is 2.34. The monoisotopic (exact) mass is 291 g/mol. The quantitative estimate of drug-likeness (QED) is 0.792. The number of aromatic hydroxyl groups is 1. The summed E-state index contributed by atoms with van der Waals surface area (Å²) in [7, 11) is 0. The summed E-state index contributed by atoms with van der Waals surface area (Å²) in [6, 6.07) is 14.3. The third kappa shape index (κ3) is 3.73. The first-order valence-electron chi connectivity index (χ1n) is 6.51. The van der Waals surface area contributed by atoms with Crippen LogP contribution in [-0.4, -0.2) is 16.3 Å². The lowest BCUT2D eigenvalue weighted by atomic mass is 10.0. The standard InChI is InChI=1S/C16H18ClNO2/c1-11(16(20)12-5-3-2-4-6-12)18-10-13-9-14(17)7-8-15(13)19/h2-9,11,16,18-20H,10H2,1H3/t11-,16-/m0/s1. The van der Waals surface area contributed by atoms with Crippen molar-refractivity contribution in [2.45, 2.75) is 25.6 Å². The molecule has 0 saturated heterocycles. The molecule has 0 spiro atoms. The highest BCUT2D eigenvalue weighted by atomic mass is 35.5. The largest absolute Gasteiger partial charge is 0.508 e. The molecule has 0 amide bonds. The summed E-state index contributed by atoms with van der Waals surface area (Å²) in [5, 5.41) is 23.8. The van der Waals surface area contributed by atoms with Gasteiger partial charge in [-0.25, -0.2) is 0 Å². The smallest absolute Gasteiger partial charge is 0.120 e. The van der Waals surface area contributed by atoms with Gasteiger partial charge in [-0.1, -0.05) is 41.9 Å². The van der Waals surface area contributed by atoms with E-state index < -0.39 is 6.10 Å². The molecule has 3 N–H and O–H groups in total. The van der Waals surface area contributed by atoms with Crippen LogP contribution in [0.4, 0.5) is 0 Å². The Morgan fingerprint density at radius 1 is 1.15 bits per heavy atom. The summed E-state index contributed by atoms with van der Waals surface area (Å²) in [6.07, 6.45) is -0.600. The van der Waals surface area contributed by atoms with Crippen LogP contribution in [0, 0.1) is 0 Å². The first-order valence-corrected chi connectivity index (χ1v) is 6.89. The second-order valence-electron chi connectivity index (χ2n) is 4.80. The minimum absolute atomic E-state index is 0.143. The minimum atomic E-state index is -0.600. The zero-order chi connectivity index (χ0) is 14.5. The van der Waals surface area contributed by atoms with Crippen LogP contribution in [0.1, 0.15) is 24.2 Å². The van der Waals surface area contributed by atoms with Crippen LogP contribution < -0.4 is 5.32 Å². The van der Waals surface area contributed by atoms with Crippen molar-refractivity contribution in [1.29, 1.82) is 0 Å². The molecule has 0 aliphatic rings. The van der Waals surface area contributed by atoms with Gasteiger partial charge in [-0.05, 0) is 30.7 Å². The lowest BCUT2D eigenvalue weighted by Gasteiger charge is -2.21. The maximum absolute atomic E-state index is 10.2. The van der Waals surface area contributed by atoms with Crippen LogP contribution in [0.2, 0.25) is 5.02 Å². The average Bonchev–Trinajstić information content (AvgIpc) is 2.48. The highest BCUT2D eigenvalue weighted by Crippen LogP contribution is 2.22. The van der Waals surface area contributed by atoms with Gasteiger partial charge in [-0.2, -0.15) is 0 Å². The summed E-state index contributed by atoms with van der Waals surface area (Å²) < 4.78 is 0. The predicted molar refractivity (Wildman–Crippen MR) is 80.8 cm³/mol. The molecule has 2 aromatic carbocycles. The van der Waals surface area contributed by atoms with Crippen molar-refractivity contribution in [1.82, 2.24) is 5.32 Å². The van der Waals surface area contributed by atoms with Gasteiger partial charge in [0.25, 0.3) is 0 Å². The van der Waals surface area contributed by atoms with Crippen molar-refractivity contribution in [2.24, 2.45) is 0 Å². The molecule has 2 aromatic rings. The number of phenolic OH excluding ortho intramolecular Hbond substituents is 1. The Morgan fingerprint density at radius 2 is 1.85 bits per heavy atom. The van der Waals surface area contributed by atoms with E-state index in [-0.39, 0.29) is 11.8 Å². The van der Waals surface area contributed by atoms with Crippen LogP contribution in [0.25, 0.3) is 0 Å². The van der Waals surface area contributed by atoms with E-state index in [1.807, 2.05) is 37.3 Å². The topological polar surface area (TPSA) is 52.5 Å². The lowest BCUT2D eigenvalue weighted by molar-refractivity contribution is 0.135. The summed E-state index contributed by atoms with van der Waals surface area (Å²) in [5.41, 5.74) is 1.58. The molecule has 4 heteroatoms. The maximum atomic E-state index is 10.2. The van der Waals surface area contributed by atoms with Crippen molar-refractivity contribution in [3.05, 3.63) is 64.7 Å². The van der Waals surface area contributed by atoms with Gasteiger partial charge in [0, 0.05) is 23.2 Å². The molecule has 0 heterocycles. The highest BCUT2D eigenvalue weighted by molar-refractivity contribution is 6.30. The van der Waals surface area contributed by atoms with Gasteiger partial charge in [0.2, 0.25) is 0 Å². The molecule has 0 aromatic heterocycles. The fraction of sp³-hybridized carbons (Fsp3) is 0.250. The van der Waals surface area contributed by atoms with Crippen LogP contribution in [0.5, 0.6) is 5.75 Å². The number of aliphatic hydroxyl groups excluding tert-OH is 1. The average molecular weight is 292 g/mol. The van der Waals surface area contributed by atoms with Crippen molar-refractivity contribution < 1.29 is 10.2 Å². The Bertz CT molecular complexity index is 560. The van der Waals surface area contributed by atoms with Gasteiger partial charge in [0.15, 0.2) is 0 Å². The second kappa shape index (κ2) is 6.75. The van der Waals surface area contributed by atoms with Crippen LogP contribution in [0.15, 0.2) is 48.5 Å². The maximum Gasteiger partial charge on any atom is 0.120 e. The van der Waals surface area contributed by atoms with Crippen LogP contribution in [-0.2, 0) is 6.54 Å². The van der Waals surface area contributed by atoms with E-state index in [0.717, 1.165) is 5.56 Å². The number of hydrogen-bond donors (Lipinski definition) is 3. The number of aliphatic hydroxyl groups is 1. The molecule has 0 radical (unpaired) electrons. The highest BCUT2D eigenvalue weighted by Gasteiger charge is 2.16. The zero-order valence-electron chi connectivity index (χ0n) is 11.3. The Balaban J connectivity index is 1.98. The van der Waals surface area contributed by atoms with Crippen LogP contribution in [0.3, 0.4) is 0 Å². The number of hydrogen-bond acceptors (Lipinski definition) is 3. The van der Waals surface area contributed by atoms with Crippen molar-refractivity contribution >= 4 is 11.6 Å². The van der Waals surface area contributed by atoms with Crippen molar-refractivity contribution in [2.75, 3.05) is 0 Å². The van der Waals surface area contributed by atoms with Gasteiger partial charge in [0.1, 0.15) is 5.75 Å². The summed E-state index contributed by atoms with van der Waals surface area (Å²) in [5.74, 6) is 0.198. The van der Waals surface area contributed by atoms with E-state index in [1.54, 1.807) is 18.2 Å². The summed E-state index contributed by atoms with van der Waals surface area (Å²) >= 11 is 5.90. The third-order valence-corrected chi connectivity index (χ3v) is 3.51. The Kier molecular flexibility index (Phi) is 5.01. The molecule has 0 unspecified atom stereocenters.